The first-order valence-corrected chi connectivity index (χ1v) is 7.14. The molecular weight excluding hydrogens is 252 g/mol. The van der Waals surface area contributed by atoms with Crippen LogP contribution in [0.3, 0.4) is 0 Å². The van der Waals surface area contributed by atoms with E-state index in [1.807, 2.05) is 25.4 Å². The van der Waals surface area contributed by atoms with Crippen molar-refractivity contribution in [2.75, 3.05) is 20.3 Å². The van der Waals surface area contributed by atoms with Gasteiger partial charge in [-0.15, -0.1) is 0 Å². The van der Waals surface area contributed by atoms with Gasteiger partial charge in [0.2, 0.25) is 5.88 Å². The fourth-order valence-corrected chi connectivity index (χ4v) is 2.62. The Labute approximate surface area is 119 Å². The van der Waals surface area contributed by atoms with Gasteiger partial charge in [0.1, 0.15) is 6.61 Å². The van der Waals surface area contributed by atoms with Crippen LogP contribution in [0.5, 0.6) is 5.88 Å². The van der Waals surface area contributed by atoms with E-state index in [0.29, 0.717) is 12.5 Å². The third-order valence-electron chi connectivity index (χ3n) is 3.64. The summed E-state index contributed by atoms with van der Waals surface area (Å²) < 4.78 is 11.5. The van der Waals surface area contributed by atoms with Crippen LogP contribution in [0.2, 0.25) is 0 Å². The Hall–Kier alpha value is -1.65. The SMILES string of the molecule is CNCc1cnc(OCC2CCCO2)c2ccccc12. The van der Waals surface area contributed by atoms with Gasteiger partial charge in [-0.2, -0.15) is 0 Å². The minimum absolute atomic E-state index is 0.215. The van der Waals surface area contributed by atoms with Crippen LogP contribution in [-0.2, 0) is 11.3 Å². The monoisotopic (exact) mass is 272 g/mol. The second kappa shape index (κ2) is 6.20. The van der Waals surface area contributed by atoms with Gasteiger partial charge < -0.3 is 14.8 Å². The number of ether oxygens (including phenoxy) is 2. The largest absolute Gasteiger partial charge is 0.474 e. The molecule has 0 aliphatic carbocycles. The maximum absolute atomic E-state index is 5.88. The van der Waals surface area contributed by atoms with Crippen LogP contribution in [0.25, 0.3) is 10.8 Å². The Kier molecular flexibility index (Phi) is 4.14. The first kappa shape index (κ1) is 13.3. The van der Waals surface area contributed by atoms with Crippen LogP contribution in [0.4, 0.5) is 0 Å². The highest BCUT2D eigenvalue weighted by molar-refractivity contribution is 5.89. The number of benzene rings is 1. The zero-order chi connectivity index (χ0) is 13.8. The summed E-state index contributed by atoms with van der Waals surface area (Å²) in [7, 11) is 1.94. The molecule has 1 fully saturated rings. The molecule has 4 nitrogen and oxygen atoms in total. The summed E-state index contributed by atoms with van der Waals surface area (Å²) in [5.41, 5.74) is 1.19. The molecule has 1 saturated heterocycles. The van der Waals surface area contributed by atoms with Gasteiger partial charge in [0.15, 0.2) is 0 Å². The molecule has 4 heteroatoms. The Morgan fingerprint density at radius 1 is 1.35 bits per heavy atom. The van der Waals surface area contributed by atoms with Crippen molar-refractivity contribution in [3.05, 3.63) is 36.0 Å². The number of rotatable bonds is 5. The van der Waals surface area contributed by atoms with Crippen molar-refractivity contribution in [2.45, 2.75) is 25.5 Å². The zero-order valence-electron chi connectivity index (χ0n) is 11.8. The van der Waals surface area contributed by atoms with Crippen LogP contribution < -0.4 is 10.1 Å². The van der Waals surface area contributed by atoms with E-state index in [9.17, 15) is 0 Å². The summed E-state index contributed by atoms with van der Waals surface area (Å²) in [6.07, 6.45) is 4.32. The lowest BCUT2D eigenvalue weighted by atomic mass is 10.1. The molecule has 2 heterocycles. The van der Waals surface area contributed by atoms with Crippen LogP contribution in [0.1, 0.15) is 18.4 Å². The third kappa shape index (κ3) is 2.76. The Morgan fingerprint density at radius 3 is 2.95 bits per heavy atom. The van der Waals surface area contributed by atoms with E-state index in [-0.39, 0.29) is 6.10 Å². The number of hydrogen-bond donors (Lipinski definition) is 1. The molecular formula is C16H20N2O2. The molecule has 106 valence electrons. The van der Waals surface area contributed by atoms with Gasteiger partial charge in [-0.3, -0.25) is 0 Å². The Balaban J connectivity index is 1.85. The molecule has 0 radical (unpaired) electrons. The van der Waals surface area contributed by atoms with E-state index < -0.39 is 0 Å². The summed E-state index contributed by atoms with van der Waals surface area (Å²) in [5, 5.41) is 5.43. The van der Waals surface area contributed by atoms with E-state index in [0.717, 1.165) is 31.4 Å². The molecule has 3 rings (SSSR count). The highest BCUT2D eigenvalue weighted by Crippen LogP contribution is 2.26. The number of hydrogen-bond acceptors (Lipinski definition) is 4. The first-order chi connectivity index (χ1) is 9.88. The second-order valence-electron chi connectivity index (χ2n) is 5.11. The predicted molar refractivity (Wildman–Crippen MR) is 79.0 cm³/mol. The average Bonchev–Trinajstić information content (AvgIpc) is 3.00. The van der Waals surface area contributed by atoms with E-state index in [1.165, 1.54) is 10.9 Å². The molecule has 1 N–H and O–H groups in total. The lowest BCUT2D eigenvalue weighted by molar-refractivity contribution is 0.0669. The summed E-state index contributed by atoms with van der Waals surface area (Å²) in [5.74, 6) is 0.705. The predicted octanol–water partition coefficient (Wildman–Crippen LogP) is 2.51. The second-order valence-corrected chi connectivity index (χ2v) is 5.11. The molecule has 2 aromatic rings. The number of fused-ring (bicyclic) bond motifs is 1. The molecule has 0 bridgehead atoms. The minimum atomic E-state index is 0.215. The molecule has 0 spiro atoms. The van der Waals surface area contributed by atoms with Crippen molar-refractivity contribution in [1.29, 1.82) is 0 Å². The van der Waals surface area contributed by atoms with E-state index >= 15 is 0 Å². The molecule has 0 saturated carbocycles. The average molecular weight is 272 g/mol. The van der Waals surface area contributed by atoms with Gasteiger partial charge in [-0.1, -0.05) is 18.2 Å². The number of nitrogens with zero attached hydrogens (tertiary/aromatic N) is 1. The number of nitrogens with one attached hydrogen (secondary N) is 1. The van der Waals surface area contributed by atoms with Crippen molar-refractivity contribution in [3.8, 4) is 5.88 Å². The van der Waals surface area contributed by atoms with Crippen molar-refractivity contribution < 1.29 is 9.47 Å². The third-order valence-corrected chi connectivity index (χ3v) is 3.64. The molecule has 1 atom stereocenters. The molecule has 1 aromatic heterocycles. The lowest BCUT2D eigenvalue weighted by Crippen LogP contribution is -2.17. The zero-order valence-corrected chi connectivity index (χ0v) is 11.8. The van der Waals surface area contributed by atoms with Gasteiger partial charge in [-0.05, 0) is 36.9 Å². The molecule has 20 heavy (non-hydrogen) atoms. The maximum atomic E-state index is 5.88. The van der Waals surface area contributed by atoms with Gasteiger partial charge in [0, 0.05) is 24.7 Å². The highest BCUT2D eigenvalue weighted by Gasteiger charge is 2.17. The first-order valence-electron chi connectivity index (χ1n) is 7.14. The van der Waals surface area contributed by atoms with E-state index in [1.54, 1.807) is 0 Å². The molecule has 1 aromatic carbocycles. The van der Waals surface area contributed by atoms with Gasteiger partial charge in [0.05, 0.1) is 6.10 Å². The van der Waals surface area contributed by atoms with Crippen molar-refractivity contribution in [3.63, 3.8) is 0 Å². The summed E-state index contributed by atoms with van der Waals surface area (Å²) in [4.78, 5) is 4.47. The van der Waals surface area contributed by atoms with Crippen LogP contribution in [-0.4, -0.2) is 31.3 Å². The van der Waals surface area contributed by atoms with Crippen LogP contribution in [0, 0.1) is 0 Å². The van der Waals surface area contributed by atoms with Gasteiger partial charge in [0.25, 0.3) is 0 Å². The standard InChI is InChI=1S/C16H20N2O2/c1-17-9-12-10-18-16(15-7-3-2-6-14(12)15)20-11-13-5-4-8-19-13/h2-3,6-7,10,13,17H,4-5,8-9,11H2,1H3. The molecule has 1 aliphatic heterocycles. The topological polar surface area (TPSA) is 43.4 Å². The summed E-state index contributed by atoms with van der Waals surface area (Å²) in [6, 6.07) is 8.24. The maximum Gasteiger partial charge on any atom is 0.221 e. The minimum Gasteiger partial charge on any atom is -0.474 e. The van der Waals surface area contributed by atoms with E-state index in [4.69, 9.17) is 9.47 Å². The van der Waals surface area contributed by atoms with Crippen molar-refractivity contribution in [1.82, 2.24) is 10.3 Å². The number of pyridine rings is 1. The fraction of sp³-hybridized carbons (Fsp3) is 0.438. The molecule has 1 aliphatic rings. The van der Waals surface area contributed by atoms with E-state index in [2.05, 4.69) is 22.4 Å². The Bertz CT molecular complexity index is 580. The highest BCUT2D eigenvalue weighted by atomic mass is 16.5. The molecule has 0 amide bonds. The fourth-order valence-electron chi connectivity index (χ4n) is 2.62. The normalized spacial score (nSPS) is 18.6. The summed E-state index contributed by atoms with van der Waals surface area (Å²) in [6.45, 7) is 2.24. The number of aromatic nitrogens is 1. The van der Waals surface area contributed by atoms with Crippen LogP contribution in [0.15, 0.2) is 30.5 Å². The van der Waals surface area contributed by atoms with Crippen molar-refractivity contribution >= 4 is 10.8 Å². The van der Waals surface area contributed by atoms with Crippen LogP contribution >= 0.6 is 0 Å². The lowest BCUT2D eigenvalue weighted by Gasteiger charge is -2.14. The quantitative estimate of drug-likeness (QED) is 0.908. The smallest absolute Gasteiger partial charge is 0.221 e. The summed E-state index contributed by atoms with van der Waals surface area (Å²) >= 11 is 0. The van der Waals surface area contributed by atoms with Gasteiger partial charge in [-0.25, -0.2) is 4.98 Å². The van der Waals surface area contributed by atoms with Gasteiger partial charge >= 0.3 is 0 Å². The Morgan fingerprint density at radius 2 is 2.20 bits per heavy atom. The van der Waals surface area contributed by atoms with Crippen molar-refractivity contribution in [2.24, 2.45) is 0 Å². The molecule has 1 unspecified atom stereocenters.